The zero-order valence-electron chi connectivity index (χ0n) is 12.9. The summed E-state index contributed by atoms with van der Waals surface area (Å²) in [7, 11) is 0. The largest absolute Gasteiger partial charge is 0.293 e. The number of rotatable bonds is 5. The van der Waals surface area contributed by atoms with Crippen molar-refractivity contribution in [2.24, 2.45) is 0 Å². The maximum absolute atomic E-state index is 12.4. The Kier molecular flexibility index (Phi) is 5.78. The van der Waals surface area contributed by atoms with Crippen molar-refractivity contribution in [3.63, 3.8) is 0 Å². The molecule has 0 radical (unpaired) electrons. The predicted molar refractivity (Wildman–Crippen MR) is 84.3 cm³/mol. The molecule has 1 aliphatic rings. The zero-order valence-corrected chi connectivity index (χ0v) is 12.9. The summed E-state index contributed by atoms with van der Waals surface area (Å²) in [5, 5.41) is 0. The van der Waals surface area contributed by atoms with E-state index in [2.05, 4.69) is 30.9 Å². The monoisotopic (exact) mass is 273 g/mol. The number of likely N-dealkylation sites (tertiary alicyclic amines) is 1. The van der Waals surface area contributed by atoms with Crippen LogP contribution in [0.15, 0.2) is 24.3 Å². The van der Waals surface area contributed by atoms with E-state index in [0.29, 0.717) is 12.6 Å². The summed E-state index contributed by atoms with van der Waals surface area (Å²) < 4.78 is 0. The summed E-state index contributed by atoms with van der Waals surface area (Å²) in [6.45, 7) is 6.08. The number of aryl methyl sites for hydroxylation is 1. The van der Waals surface area contributed by atoms with E-state index in [0.717, 1.165) is 24.9 Å². The van der Waals surface area contributed by atoms with Crippen molar-refractivity contribution in [1.82, 2.24) is 4.90 Å². The summed E-state index contributed by atoms with van der Waals surface area (Å²) in [4.78, 5) is 14.8. The summed E-state index contributed by atoms with van der Waals surface area (Å²) in [5.74, 6) is 0.266. The number of carbonyl (C=O) groups is 1. The molecule has 1 fully saturated rings. The molecule has 110 valence electrons. The van der Waals surface area contributed by atoms with Crippen LogP contribution in [0.2, 0.25) is 0 Å². The molecule has 0 amide bonds. The van der Waals surface area contributed by atoms with Crippen LogP contribution in [0.4, 0.5) is 0 Å². The molecule has 2 rings (SSSR count). The third kappa shape index (κ3) is 4.17. The van der Waals surface area contributed by atoms with E-state index >= 15 is 0 Å². The molecule has 1 atom stereocenters. The fourth-order valence-corrected chi connectivity index (χ4v) is 2.99. The highest BCUT2D eigenvalue weighted by Crippen LogP contribution is 2.17. The molecule has 0 aliphatic carbocycles. The van der Waals surface area contributed by atoms with E-state index in [-0.39, 0.29) is 5.78 Å². The van der Waals surface area contributed by atoms with Crippen molar-refractivity contribution < 1.29 is 4.79 Å². The summed E-state index contributed by atoms with van der Waals surface area (Å²) in [6, 6.07) is 8.73. The molecule has 1 heterocycles. The van der Waals surface area contributed by atoms with E-state index in [9.17, 15) is 4.79 Å². The van der Waals surface area contributed by atoms with Crippen LogP contribution in [0, 0.1) is 0 Å². The second-order valence-electron chi connectivity index (χ2n) is 6.04. The van der Waals surface area contributed by atoms with Gasteiger partial charge in [0, 0.05) is 11.6 Å². The predicted octanol–water partition coefficient (Wildman–Crippen LogP) is 4.09. The molecule has 1 aliphatic heterocycles. The van der Waals surface area contributed by atoms with Crippen LogP contribution in [-0.4, -0.2) is 29.8 Å². The van der Waals surface area contributed by atoms with Gasteiger partial charge in [-0.05, 0) is 38.3 Å². The topological polar surface area (TPSA) is 20.3 Å². The molecule has 1 saturated heterocycles. The molecule has 1 aromatic rings. The molecule has 0 N–H and O–H groups in total. The summed E-state index contributed by atoms with van der Waals surface area (Å²) in [5.41, 5.74) is 2.19. The van der Waals surface area contributed by atoms with E-state index in [1.807, 2.05) is 12.1 Å². The lowest BCUT2D eigenvalue weighted by molar-refractivity contribution is 0.0901. The molecule has 0 saturated carbocycles. The first-order valence-corrected chi connectivity index (χ1v) is 8.07. The highest BCUT2D eigenvalue weighted by atomic mass is 16.1. The van der Waals surface area contributed by atoms with Crippen molar-refractivity contribution >= 4 is 5.78 Å². The Morgan fingerprint density at radius 2 is 1.95 bits per heavy atom. The van der Waals surface area contributed by atoms with Crippen LogP contribution in [0.3, 0.4) is 0 Å². The van der Waals surface area contributed by atoms with Crippen molar-refractivity contribution in [3.8, 4) is 0 Å². The lowest BCUT2D eigenvalue weighted by atomic mass is 10.0. The van der Waals surface area contributed by atoms with Crippen LogP contribution in [0.1, 0.15) is 61.9 Å². The van der Waals surface area contributed by atoms with Gasteiger partial charge in [0.1, 0.15) is 0 Å². The SMILES string of the molecule is CCCc1ccc(C(=O)CN2CCCCCC2C)cc1. The van der Waals surface area contributed by atoms with Gasteiger partial charge in [-0.15, -0.1) is 0 Å². The third-order valence-corrected chi connectivity index (χ3v) is 4.35. The van der Waals surface area contributed by atoms with Gasteiger partial charge in [-0.25, -0.2) is 0 Å². The molecule has 0 aromatic heterocycles. The number of nitrogens with zero attached hydrogens (tertiary/aromatic N) is 1. The normalized spacial score (nSPS) is 20.6. The molecule has 20 heavy (non-hydrogen) atoms. The number of ketones is 1. The minimum absolute atomic E-state index is 0.266. The molecular weight excluding hydrogens is 246 g/mol. The van der Waals surface area contributed by atoms with Crippen molar-refractivity contribution in [3.05, 3.63) is 35.4 Å². The van der Waals surface area contributed by atoms with Crippen LogP contribution >= 0.6 is 0 Å². The van der Waals surface area contributed by atoms with E-state index in [4.69, 9.17) is 0 Å². The maximum atomic E-state index is 12.4. The number of hydrogen-bond acceptors (Lipinski definition) is 2. The number of Topliss-reactive ketones (excluding diaryl/α,β-unsaturated/α-hetero) is 1. The average molecular weight is 273 g/mol. The molecule has 1 unspecified atom stereocenters. The first-order valence-electron chi connectivity index (χ1n) is 8.07. The summed E-state index contributed by atoms with van der Waals surface area (Å²) >= 11 is 0. The third-order valence-electron chi connectivity index (χ3n) is 4.35. The first-order chi connectivity index (χ1) is 9.70. The van der Waals surface area contributed by atoms with Gasteiger partial charge in [0.15, 0.2) is 5.78 Å². The van der Waals surface area contributed by atoms with Gasteiger partial charge in [-0.2, -0.15) is 0 Å². The maximum Gasteiger partial charge on any atom is 0.176 e. The fraction of sp³-hybridized carbons (Fsp3) is 0.611. The minimum atomic E-state index is 0.266. The Balaban J connectivity index is 1.96. The van der Waals surface area contributed by atoms with Gasteiger partial charge in [-0.3, -0.25) is 9.69 Å². The Hall–Kier alpha value is -1.15. The lowest BCUT2D eigenvalue weighted by Crippen LogP contribution is -2.37. The van der Waals surface area contributed by atoms with Gasteiger partial charge in [0.05, 0.1) is 6.54 Å². The van der Waals surface area contributed by atoms with Gasteiger partial charge in [0.25, 0.3) is 0 Å². The van der Waals surface area contributed by atoms with Crippen molar-refractivity contribution in [1.29, 1.82) is 0 Å². The van der Waals surface area contributed by atoms with Gasteiger partial charge in [-0.1, -0.05) is 50.5 Å². The molecule has 0 spiro atoms. The number of hydrogen-bond donors (Lipinski definition) is 0. The van der Waals surface area contributed by atoms with E-state index in [1.165, 1.54) is 31.2 Å². The quantitative estimate of drug-likeness (QED) is 0.753. The molecule has 2 nitrogen and oxygen atoms in total. The number of benzene rings is 1. The minimum Gasteiger partial charge on any atom is -0.293 e. The van der Waals surface area contributed by atoms with Crippen molar-refractivity contribution in [2.45, 2.75) is 58.4 Å². The zero-order chi connectivity index (χ0) is 14.4. The standard InChI is InChI=1S/C18H27NO/c1-3-7-16-9-11-17(12-10-16)18(20)14-19-13-6-4-5-8-15(19)2/h9-12,15H,3-8,13-14H2,1-2H3. The van der Waals surface area contributed by atoms with Crippen LogP contribution in [0.25, 0.3) is 0 Å². The fourth-order valence-electron chi connectivity index (χ4n) is 2.99. The Morgan fingerprint density at radius 3 is 2.65 bits per heavy atom. The van der Waals surface area contributed by atoms with E-state index < -0.39 is 0 Å². The summed E-state index contributed by atoms with van der Waals surface area (Å²) in [6.07, 6.45) is 7.31. The second kappa shape index (κ2) is 7.58. The molecule has 1 aromatic carbocycles. The Labute approximate surface area is 123 Å². The number of carbonyl (C=O) groups excluding carboxylic acids is 1. The van der Waals surface area contributed by atoms with Crippen LogP contribution in [-0.2, 0) is 6.42 Å². The van der Waals surface area contributed by atoms with Gasteiger partial charge >= 0.3 is 0 Å². The van der Waals surface area contributed by atoms with Gasteiger partial charge in [0.2, 0.25) is 0 Å². The Bertz CT molecular complexity index is 424. The average Bonchev–Trinajstić information content (AvgIpc) is 2.65. The highest BCUT2D eigenvalue weighted by molar-refractivity contribution is 5.97. The lowest BCUT2D eigenvalue weighted by Gasteiger charge is -2.26. The molecular formula is C18H27NO. The van der Waals surface area contributed by atoms with Crippen molar-refractivity contribution in [2.75, 3.05) is 13.1 Å². The molecule has 2 heteroatoms. The first kappa shape index (κ1) is 15.2. The van der Waals surface area contributed by atoms with E-state index in [1.54, 1.807) is 0 Å². The molecule has 0 bridgehead atoms. The van der Waals surface area contributed by atoms with Crippen LogP contribution in [0.5, 0.6) is 0 Å². The Morgan fingerprint density at radius 1 is 1.20 bits per heavy atom. The smallest absolute Gasteiger partial charge is 0.176 e. The van der Waals surface area contributed by atoms with Crippen LogP contribution < -0.4 is 0 Å². The second-order valence-corrected chi connectivity index (χ2v) is 6.04. The highest BCUT2D eigenvalue weighted by Gasteiger charge is 2.19. The van der Waals surface area contributed by atoms with Gasteiger partial charge < -0.3 is 0 Å².